The third-order valence-corrected chi connectivity index (χ3v) is 6.33. The van der Waals surface area contributed by atoms with Gasteiger partial charge in [-0.2, -0.15) is 22.7 Å². The third-order valence-electron chi connectivity index (χ3n) is 6.09. The molecule has 0 bridgehead atoms. The van der Waals surface area contributed by atoms with Crippen LogP contribution in [0.25, 0.3) is 16.6 Å². The Morgan fingerprint density at radius 2 is 1.81 bits per heavy atom. The predicted octanol–water partition coefficient (Wildman–Crippen LogP) is 5.99. The number of nitrogens with zero attached hydrogens (tertiary/aromatic N) is 3. The van der Waals surface area contributed by atoms with Crippen LogP contribution in [0, 0.1) is 5.95 Å². The van der Waals surface area contributed by atoms with Crippen molar-refractivity contribution in [3.05, 3.63) is 77.5 Å². The fraction of sp³-hybridized carbons (Fsp3) is 0.280. The standard InChI is InChI=1S/C25H23ClF4N4O2/c1-23(2,18-8-6-15(26)10-21(18)35)13-24(36,25(28,29)30)14-32-19-4-3-5-20-17(19)12-33-34(20)16-7-9-22(27)31-11-16/h3-12,32,35-36H,13-14H2,1-2H3. The van der Waals surface area contributed by atoms with E-state index in [0.29, 0.717) is 22.3 Å². The molecule has 2 aromatic heterocycles. The zero-order valence-corrected chi connectivity index (χ0v) is 20.1. The maximum absolute atomic E-state index is 14.2. The molecule has 4 rings (SSSR count). The van der Waals surface area contributed by atoms with E-state index in [9.17, 15) is 27.8 Å². The van der Waals surface area contributed by atoms with Crippen molar-refractivity contribution in [3.8, 4) is 11.4 Å². The van der Waals surface area contributed by atoms with Gasteiger partial charge in [0.2, 0.25) is 5.95 Å². The third kappa shape index (κ3) is 4.96. The summed E-state index contributed by atoms with van der Waals surface area (Å²) in [5.41, 5.74) is -2.82. The number of hydrogen-bond acceptors (Lipinski definition) is 5. The summed E-state index contributed by atoms with van der Waals surface area (Å²) in [6, 6.07) is 11.7. The highest BCUT2D eigenvalue weighted by Crippen LogP contribution is 2.44. The van der Waals surface area contributed by atoms with Gasteiger partial charge in [-0.15, -0.1) is 0 Å². The van der Waals surface area contributed by atoms with E-state index in [1.54, 1.807) is 18.2 Å². The molecule has 0 saturated heterocycles. The van der Waals surface area contributed by atoms with Gasteiger partial charge in [-0.3, -0.25) is 0 Å². The maximum Gasteiger partial charge on any atom is 0.418 e. The zero-order valence-electron chi connectivity index (χ0n) is 19.3. The molecular weight excluding hydrogens is 500 g/mol. The molecule has 3 N–H and O–H groups in total. The van der Waals surface area contributed by atoms with E-state index in [-0.39, 0.29) is 16.3 Å². The fourth-order valence-corrected chi connectivity index (χ4v) is 4.48. The minimum Gasteiger partial charge on any atom is -0.508 e. The molecule has 0 aliphatic heterocycles. The molecule has 2 aromatic carbocycles. The number of nitrogens with one attached hydrogen (secondary N) is 1. The molecule has 0 aliphatic rings. The Morgan fingerprint density at radius 1 is 1.06 bits per heavy atom. The van der Waals surface area contributed by atoms with Gasteiger partial charge in [0.1, 0.15) is 5.75 Å². The molecule has 36 heavy (non-hydrogen) atoms. The van der Waals surface area contributed by atoms with Crippen molar-refractivity contribution in [3.63, 3.8) is 0 Å². The van der Waals surface area contributed by atoms with Gasteiger partial charge in [-0.05, 0) is 53.8 Å². The Bertz CT molecular complexity index is 1390. The van der Waals surface area contributed by atoms with Crippen LogP contribution in [-0.2, 0) is 5.41 Å². The van der Waals surface area contributed by atoms with Crippen molar-refractivity contribution < 1.29 is 27.8 Å². The molecule has 0 amide bonds. The van der Waals surface area contributed by atoms with E-state index >= 15 is 0 Å². The van der Waals surface area contributed by atoms with Crippen molar-refractivity contribution in [2.45, 2.75) is 37.5 Å². The number of aromatic hydroxyl groups is 1. The van der Waals surface area contributed by atoms with Crippen molar-refractivity contribution in [1.29, 1.82) is 0 Å². The van der Waals surface area contributed by atoms with Crippen molar-refractivity contribution in [2.75, 3.05) is 11.9 Å². The molecule has 1 unspecified atom stereocenters. The second kappa shape index (κ2) is 9.25. The molecule has 6 nitrogen and oxygen atoms in total. The first kappa shape index (κ1) is 25.7. The number of anilines is 1. The molecule has 4 aromatic rings. The number of alkyl halides is 3. The summed E-state index contributed by atoms with van der Waals surface area (Å²) in [6.07, 6.45) is -2.96. The summed E-state index contributed by atoms with van der Waals surface area (Å²) in [6.45, 7) is 2.17. The van der Waals surface area contributed by atoms with Crippen LogP contribution in [0.4, 0.5) is 23.2 Å². The van der Waals surface area contributed by atoms with Gasteiger partial charge in [0.15, 0.2) is 5.60 Å². The summed E-state index contributed by atoms with van der Waals surface area (Å²) >= 11 is 5.86. The Morgan fingerprint density at radius 3 is 2.44 bits per heavy atom. The highest BCUT2D eigenvalue weighted by Gasteiger charge is 2.56. The molecule has 0 saturated carbocycles. The number of benzene rings is 2. The Balaban J connectivity index is 1.63. The SMILES string of the molecule is CC(C)(CC(O)(CNc1cccc2c1cnn2-c1ccc(F)nc1)C(F)(F)F)c1ccc(Cl)cc1O. The molecule has 2 heterocycles. The Hall–Kier alpha value is -3.37. The summed E-state index contributed by atoms with van der Waals surface area (Å²) in [5.74, 6) is -0.906. The van der Waals surface area contributed by atoms with Gasteiger partial charge < -0.3 is 15.5 Å². The summed E-state index contributed by atoms with van der Waals surface area (Å²) < 4.78 is 57.2. The number of phenols is 1. The lowest BCUT2D eigenvalue weighted by molar-refractivity contribution is -0.260. The first-order chi connectivity index (χ1) is 16.8. The van der Waals surface area contributed by atoms with Crippen LogP contribution in [-0.4, -0.2) is 43.3 Å². The number of phenolic OH excluding ortho intramolecular Hbond substituents is 1. The average molecular weight is 523 g/mol. The van der Waals surface area contributed by atoms with Gasteiger partial charge >= 0.3 is 6.18 Å². The van der Waals surface area contributed by atoms with Crippen molar-refractivity contribution >= 4 is 28.2 Å². The Labute approximate surface area is 209 Å². The molecule has 0 spiro atoms. The fourth-order valence-electron chi connectivity index (χ4n) is 4.31. The quantitative estimate of drug-likeness (QED) is 0.205. The smallest absolute Gasteiger partial charge is 0.418 e. The first-order valence-corrected chi connectivity index (χ1v) is 11.3. The molecular formula is C25H23ClF4N4O2. The van der Waals surface area contributed by atoms with Crippen LogP contribution in [0.1, 0.15) is 25.8 Å². The highest BCUT2D eigenvalue weighted by molar-refractivity contribution is 6.30. The van der Waals surface area contributed by atoms with E-state index in [0.717, 1.165) is 0 Å². The number of rotatable bonds is 7. The first-order valence-electron chi connectivity index (χ1n) is 10.9. The van der Waals surface area contributed by atoms with E-state index in [2.05, 4.69) is 15.4 Å². The molecule has 1 atom stereocenters. The molecule has 0 aliphatic carbocycles. The summed E-state index contributed by atoms with van der Waals surface area (Å²) in [7, 11) is 0. The topological polar surface area (TPSA) is 83.2 Å². The molecule has 0 radical (unpaired) electrons. The van der Waals surface area contributed by atoms with Gasteiger partial charge in [0, 0.05) is 16.1 Å². The van der Waals surface area contributed by atoms with Gasteiger partial charge in [0.05, 0.1) is 30.1 Å². The molecule has 190 valence electrons. The minimum atomic E-state index is -4.98. The number of aliphatic hydroxyl groups is 1. The van der Waals surface area contributed by atoms with E-state index in [1.807, 2.05) is 0 Å². The van der Waals surface area contributed by atoms with Crippen LogP contribution >= 0.6 is 11.6 Å². The van der Waals surface area contributed by atoms with Gasteiger partial charge in [-0.25, -0.2) is 9.67 Å². The Kier molecular flexibility index (Phi) is 6.61. The largest absolute Gasteiger partial charge is 0.508 e. The maximum atomic E-state index is 14.2. The van der Waals surface area contributed by atoms with Crippen LogP contribution in [0.2, 0.25) is 5.02 Å². The van der Waals surface area contributed by atoms with Gasteiger partial charge in [-0.1, -0.05) is 37.6 Å². The number of fused-ring (bicyclic) bond motifs is 1. The van der Waals surface area contributed by atoms with Crippen LogP contribution < -0.4 is 5.32 Å². The second-order valence-corrected chi connectivity index (χ2v) is 9.68. The van der Waals surface area contributed by atoms with E-state index in [1.165, 1.54) is 61.3 Å². The minimum absolute atomic E-state index is 0.228. The second-order valence-electron chi connectivity index (χ2n) is 9.24. The normalized spacial score (nSPS) is 14.1. The molecule has 0 fully saturated rings. The summed E-state index contributed by atoms with van der Waals surface area (Å²) in [4.78, 5) is 3.60. The van der Waals surface area contributed by atoms with Gasteiger partial charge in [0.25, 0.3) is 0 Å². The number of hydrogen-bond donors (Lipinski definition) is 3. The van der Waals surface area contributed by atoms with E-state index < -0.39 is 36.1 Å². The number of pyridine rings is 1. The monoisotopic (exact) mass is 522 g/mol. The van der Waals surface area contributed by atoms with Crippen molar-refractivity contribution in [2.24, 2.45) is 0 Å². The van der Waals surface area contributed by atoms with Crippen molar-refractivity contribution in [1.82, 2.24) is 14.8 Å². The summed E-state index contributed by atoms with van der Waals surface area (Å²) in [5, 5.41) is 28.9. The van der Waals surface area contributed by atoms with Crippen LogP contribution in [0.3, 0.4) is 0 Å². The van der Waals surface area contributed by atoms with Crippen LogP contribution in [0.15, 0.2) is 60.9 Å². The molecule has 11 heteroatoms. The predicted molar refractivity (Wildman–Crippen MR) is 129 cm³/mol. The highest BCUT2D eigenvalue weighted by atomic mass is 35.5. The lowest BCUT2D eigenvalue weighted by Gasteiger charge is -2.38. The lowest BCUT2D eigenvalue weighted by Crippen LogP contribution is -2.53. The average Bonchev–Trinajstić information content (AvgIpc) is 3.21. The number of halogens is 5. The zero-order chi connectivity index (χ0) is 26.3. The number of aromatic nitrogens is 3. The lowest BCUT2D eigenvalue weighted by atomic mass is 9.74. The van der Waals surface area contributed by atoms with E-state index in [4.69, 9.17) is 11.6 Å². The van der Waals surface area contributed by atoms with Crippen LogP contribution in [0.5, 0.6) is 5.75 Å².